The van der Waals surface area contributed by atoms with Crippen molar-refractivity contribution in [3.8, 4) is 0 Å². The van der Waals surface area contributed by atoms with Crippen LogP contribution in [0.4, 0.5) is 0 Å². The number of hydrogen-bond donors (Lipinski definition) is 3. The zero-order valence-electron chi connectivity index (χ0n) is 13.7. The van der Waals surface area contributed by atoms with Crippen molar-refractivity contribution in [2.45, 2.75) is 50.7 Å². The molecule has 3 rings (SSSR count). The molecule has 7 heteroatoms. The standard InChI is InChI=1S/C16H29N3O2.2ClH/c17-15-12-3-2-11(10-12)14(15)16(21)18-6-1-7-19-8-4-13(20)5-9-19;;/h11-15,20H,1-10,17H2,(H,18,21);2*1H. The summed E-state index contributed by atoms with van der Waals surface area (Å²) in [4.78, 5) is 14.7. The van der Waals surface area contributed by atoms with Gasteiger partial charge in [0, 0.05) is 25.7 Å². The van der Waals surface area contributed by atoms with Crippen molar-refractivity contribution in [1.29, 1.82) is 0 Å². The maximum atomic E-state index is 12.3. The van der Waals surface area contributed by atoms with Crippen molar-refractivity contribution >= 4 is 30.7 Å². The van der Waals surface area contributed by atoms with Gasteiger partial charge in [0.25, 0.3) is 0 Å². The summed E-state index contributed by atoms with van der Waals surface area (Å²) in [5.74, 6) is 1.37. The van der Waals surface area contributed by atoms with E-state index >= 15 is 0 Å². The maximum absolute atomic E-state index is 12.3. The number of halogens is 2. The Morgan fingerprint density at radius 2 is 1.78 bits per heavy atom. The van der Waals surface area contributed by atoms with Gasteiger partial charge in [-0.05, 0) is 56.9 Å². The fraction of sp³-hybridized carbons (Fsp3) is 0.938. The van der Waals surface area contributed by atoms with E-state index in [1.807, 2.05) is 0 Å². The molecule has 0 spiro atoms. The van der Waals surface area contributed by atoms with Gasteiger partial charge in [0.2, 0.25) is 5.91 Å². The topological polar surface area (TPSA) is 78.6 Å². The summed E-state index contributed by atoms with van der Waals surface area (Å²) in [7, 11) is 0. The number of carbonyl (C=O) groups is 1. The number of carbonyl (C=O) groups excluding carboxylic acids is 1. The number of likely N-dealkylation sites (tertiary alicyclic amines) is 1. The molecule has 4 atom stereocenters. The van der Waals surface area contributed by atoms with Crippen LogP contribution in [0.5, 0.6) is 0 Å². The molecule has 0 aromatic carbocycles. The number of nitrogens with one attached hydrogen (secondary N) is 1. The number of nitrogens with two attached hydrogens (primary N) is 1. The lowest BCUT2D eigenvalue weighted by Gasteiger charge is -2.30. The summed E-state index contributed by atoms with van der Waals surface area (Å²) in [5.41, 5.74) is 6.21. The molecule has 23 heavy (non-hydrogen) atoms. The van der Waals surface area contributed by atoms with Crippen LogP contribution >= 0.6 is 24.8 Å². The SMILES string of the molecule is Cl.Cl.NC1C2CCC(C2)C1C(=O)NCCCN1CCC(O)CC1. The number of aliphatic hydroxyl groups is 1. The van der Waals surface area contributed by atoms with E-state index in [1.54, 1.807) is 0 Å². The third kappa shape index (κ3) is 4.95. The summed E-state index contributed by atoms with van der Waals surface area (Å²) >= 11 is 0. The number of fused-ring (bicyclic) bond motifs is 2. The second kappa shape index (κ2) is 9.42. The smallest absolute Gasteiger partial charge is 0.224 e. The fourth-order valence-corrected chi connectivity index (χ4v) is 4.50. The Labute approximate surface area is 151 Å². The Balaban J connectivity index is 0.00000132. The average molecular weight is 368 g/mol. The lowest BCUT2D eigenvalue weighted by molar-refractivity contribution is -0.127. The number of piperidine rings is 1. The van der Waals surface area contributed by atoms with Gasteiger partial charge in [0.15, 0.2) is 0 Å². The highest BCUT2D eigenvalue weighted by Crippen LogP contribution is 2.47. The van der Waals surface area contributed by atoms with Crippen LogP contribution in [0.2, 0.25) is 0 Å². The van der Waals surface area contributed by atoms with Gasteiger partial charge in [0.05, 0.1) is 12.0 Å². The zero-order valence-corrected chi connectivity index (χ0v) is 15.3. The van der Waals surface area contributed by atoms with Crippen LogP contribution in [-0.2, 0) is 4.79 Å². The van der Waals surface area contributed by atoms with E-state index in [0.717, 1.165) is 51.9 Å². The number of amides is 1. The Bertz CT molecular complexity index is 376. The molecule has 0 radical (unpaired) electrons. The molecular formula is C16H31Cl2N3O2. The molecule has 4 N–H and O–H groups in total. The van der Waals surface area contributed by atoms with E-state index in [4.69, 9.17) is 5.73 Å². The number of rotatable bonds is 5. The molecule has 5 nitrogen and oxygen atoms in total. The Morgan fingerprint density at radius 3 is 2.39 bits per heavy atom. The maximum Gasteiger partial charge on any atom is 0.224 e. The van der Waals surface area contributed by atoms with Gasteiger partial charge in [0.1, 0.15) is 0 Å². The molecule has 2 saturated carbocycles. The van der Waals surface area contributed by atoms with Crippen LogP contribution < -0.4 is 11.1 Å². The van der Waals surface area contributed by atoms with E-state index < -0.39 is 0 Å². The highest BCUT2D eigenvalue weighted by molar-refractivity contribution is 5.85. The van der Waals surface area contributed by atoms with Crippen LogP contribution in [0.3, 0.4) is 0 Å². The van der Waals surface area contributed by atoms with Crippen molar-refractivity contribution in [3.63, 3.8) is 0 Å². The molecule has 1 saturated heterocycles. The first-order chi connectivity index (χ1) is 10.1. The van der Waals surface area contributed by atoms with Crippen LogP contribution in [0.1, 0.15) is 38.5 Å². The van der Waals surface area contributed by atoms with Gasteiger partial charge >= 0.3 is 0 Å². The Hall–Kier alpha value is -0.0700. The summed E-state index contributed by atoms with van der Waals surface area (Å²) in [6.07, 6.45) is 6.20. The average Bonchev–Trinajstić information content (AvgIpc) is 3.06. The van der Waals surface area contributed by atoms with E-state index in [1.165, 1.54) is 12.8 Å². The van der Waals surface area contributed by atoms with E-state index in [-0.39, 0.29) is 48.8 Å². The van der Waals surface area contributed by atoms with Gasteiger partial charge in [-0.25, -0.2) is 0 Å². The van der Waals surface area contributed by atoms with Crippen molar-refractivity contribution in [1.82, 2.24) is 10.2 Å². The van der Waals surface area contributed by atoms with Crippen LogP contribution in [0, 0.1) is 17.8 Å². The second-order valence-electron chi connectivity index (χ2n) is 7.15. The number of nitrogens with zero attached hydrogens (tertiary/aromatic N) is 1. The lowest BCUT2D eigenvalue weighted by Crippen LogP contribution is -2.45. The molecule has 1 amide bonds. The molecule has 2 bridgehead atoms. The van der Waals surface area contributed by atoms with Crippen molar-refractivity contribution in [2.24, 2.45) is 23.5 Å². The summed E-state index contributed by atoms with van der Waals surface area (Å²) in [6, 6.07) is 0.0901. The third-order valence-corrected chi connectivity index (χ3v) is 5.79. The molecule has 4 unspecified atom stereocenters. The van der Waals surface area contributed by atoms with Gasteiger partial charge in [-0.1, -0.05) is 0 Å². The van der Waals surface area contributed by atoms with Crippen LogP contribution in [0.15, 0.2) is 0 Å². The summed E-state index contributed by atoms with van der Waals surface area (Å²) < 4.78 is 0. The first-order valence-corrected chi connectivity index (χ1v) is 8.59. The second-order valence-corrected chi connectivity index (χ2v) is 7.15. The van der Waals surface area contributed by atoms with E-state index in [9.17, 15) is 9.90 Å². The van der Waals surface area contributed by atoms with Crippen molar-refractivity contribution in [2.75, 3.05) is 26.2 Å². The quantitative estimate of drug-likeness (QED) is 0.637. The predicted molar refractivity (Wildman–Crippen MR) is 96.1 cm³/mol. The number of aliphatic hydroxyl groups excluding tert-OH is 1. The van der Waals surface area contributed by atoms with Crippen molar-refractivity contribution < 1.29 is 9.90 Å². The molecule has 1 heterocycles. The minimum atomic E-state index is -0.111. The largest absolute Gasteiger partial charge is 0.393 e. The van der Waals surface area contributed by atoms with Gasteiger partial charge < -0.3 is 21.1 Å². The van der Waals surface area contributed by atoms with Gasteiger partial charge in [-0.15, -0.1) is 24.8 Å². The third-order valence-electron chi connectivity index (χ3n) is 5.79. The highest BCUT2D eigenvalue weighted by atomic mass is 35.5. The molecule has 2 aliphatic carbocycles. The minimum absolute atomic E-state index is 0. The zero-order chi connectivity index (χ0) is 14.8. The Kier molecular flexibility index (Phi) is 8.59. The normalized spacial score (nSPS) is 33.8. The van der Waals surface area contributed by atoms with Gasteiger partial charge in [-0.3, -0.25) is 4.79 Å². The Morgan fingerprint density at radius 1 is 1.13 bits per heavy atom. The lowest BCUT2D eigenvalue weighted by atomic mass is 9.84. The predicted octanol–water partition coefficient (Wildman–Crippen LogP) is 1.17. The molecule has 136 valence electrons. The molecule has 0 aromatic rings. The van der Waals surface area contributed by atoms with Gasteiger partial charge in [-0.2, -0.15) is 0 Å². The number of hydrogen-bond acceptors (Lipinski definition) is 4. The monoisotopic (exact) mass is 367 g/mol. The molecule has 1 aliphatic heterocycles. The summed E-state index contributed by atoms with van der Waals surface area (Å²) in [5, 5.41) is 12.6. The molecule has 3 aliphatic rings. The first-order valence-electron chi connectivity index (χ1n) is 8.59. The summed E-state index contributed by atoms with van der Waals surface area (Å²) in [6.45, 7) is 3.72. The van der Waals surface area contributed by atoms with Crippen LogP contribution in [-0.4, -0.2) is 54.2 Å². The molecule has 3 fully saturated rings. The molecule has 0 aromatic heterocycles. The van der Waals surface area contributed by atoms with Crippen LogP contribution in [0.25, 0.3) is 0 Å². The van der Waals surface area contributed by atoms with E-state index in [2.05, 4.69) is 10.2 Å². The highest BCUT2D eigenvalue weighted by Gasteiger charge is 2.48. The molecular weight excluding hydrogens is 337 g/mol. The first kappa shape index (κ1) is 21.0. The van der Waals surface area contributed by atoms with E-state index in [0.29, 0.717) is 11.8 Å². The van der Waals surface area contributed by atoms with Crippen molar-refractivity contribution in [3.05, 3.63) is 0 Å². The minimum Gasteiger partial charge on any atom is -0.393 e. The fourth-order valence-electron chi connectivity index (χ4n) is 4.50.